The molecule has 0 spiro atoms. The van der Waals surface area contributed by atoms with Gasteiger partial charge in [0.15, 0.2) is 0 Å². The van der Waals surface area contributed by atoms with E-state index in [1.165, 1.54) is 11.8 Å². The van der Waals surface area contributed by atoms with Crippen molar-refractivity contribution in [3.63, 3.8) is 0 Å². The number of imidazole rings is 1. The third-order valence-corrected chi connectivity index (χ3v) is 4.64. The zero-order chi connectivity index (χ0) is 17.1. The highest BCUT2D eigenvalue weighted by Gasteiger charge is 2.10. The van der Waals surface area contributed by atoms with E-state index in [4.69, 9.17) is 16.0 Å². The van der Waals surface area contributed by atoms with Crippen molar-refractivity contribution in [1.29, 1.82) is 0 Å². The maximum Gasteiger partial charge on any atom is 0.277 e. The van der Waals surface area contributed by atoms with E-state index < -0.39 is 0 Å². The van der Waals surface area contributed by atoms with Crippen LogP contribution >= 0.6 is 23.4 Å². The fraction of sp³-hybridized carbons (Fsp3) is 0.0556. The molecular weight excluding hydrogens is 356 g/mol. The normalized spacial score (nSPS) is 10.9. The maximum absolute atomic E-state index is 5.91. The van der Waals surface area contributed by atoms with Crippen LogP contribution in [-0.4, -0.2) is 20.2 Å². The van der Waals surface area contributed by atoms with Gasteiger partial charge in [-0.15, -0.1) is 10.2 Å². The van der Waals surface area contributed by atoms with Crippen molar-refractivity contribution in [2.24, 2.45) is 0 Å². The van der Waals surface area contributed by atoms with Crippen molar-refractivity contribution in [3.05, 3.63) is 71.5 Å². The second kappa shape index (κ2) is 7.13. The molecule has 0 unspecified atom stereocenters. The van der Waals surface area contributed by atoms with Gasteiger partial charge in [0.2, 0.25) is 5.89 Å². The summed E-state index contributed by atoms with van der Waals surface area (Å²) in [4.78, 5) is 7.70. The molecule has 0 aliphatic heterocycles. The second-order valence-corrected chi connectivity index (χ2v) is 6.65. The first-order valence-electron chi connectivity index (χ1n) is 7.59. The first-order valence-corrected chi connectivity index (χ1v) is 8.96. The van der Waals surface area contributed by atoms with Crippen LogP contribution < -0.4 is 0 Å². The Hall–Kier alpha value is -2.57. The highest BCUT2D eigenvalue weighted by atomic mass is 35.5. The third-order valence-electron chi connectivity index (χ3n) is 3.52. The predicted octanol–water partition coefficient (Wildman–Crippen LogP) is 5.07. The highest BCUT2D eigenvalue weighted by Crippen LogP contribution is 2.26. The van der Waals surface area contributed by atoms with Crippen molar-refractivity contribution in [1.82, 2.24) is 20.2 Å². The molecule has 4 rings (SSSR count). The van der Waals surface area contributed by atoms with Crippen LogP contribution in [0.5, 0.6) is 0 Å². The first-order chi connectivity index (χ1) is 12.3. The molecule has 0 saturated heterocycles. The third kappa shape index (κ3) is 3.75. The molecule has 0 aliphatic carbocycles. The van der Waals surface area contributed by atoms with Crippen LogP contribution in [0.15, 0.2) is 70.4 Å². The zero-order valence-corrected chi connectivity index (χ0v) is 14.6. The molecule has 0 amide bonds. The number of benzene rings is 2. The van der Waals surface area contributed by atoms with Gasteiger partial charge >= 0.3 is 0 Å². The number of hydrogen-bond acceptors (Lipinski definition) is 5. The summed E-state index contributed by atoms with van der Waals surface area (Å²) >= 11 is 7.38. The number of nitrogens with zero attached hydrogens (tertiary/aromatic N) is 3. The topological polar surface area (TPSA) is 67.6 Å². The van der Waals surface area contributed by atoms with Crippen LogP contribution in [0.3, 0.4) is 0 Å². The van der Waals surface area contributed by atoms with Crippen LogP contribution in [0, 0.1) is 0 Å². The van der Waals surface area contributed by atoms with Crippen molar-refractivity contribution in [3.8, 4) is 22.8 Å². The SMILES string of the molecule is Clc1ccc(-c2ncc(CSc3nnc(-c4ccccc4)o3)[nH]2)cc1. The van der Waals surface area contributed by atoms with Gasteiger partial charge in [-0.3, -0.25) is 0 Å². The lowest BCUT2D eigenvalue weighted by molar-refractivity contribution is 0.466. The fourth-order valence-electron chi connectivity index (χ4n) is 2.29. The molecule has 0 atom stereocenters. The van der Waals surface area contributed by atoms with E-state index in [1.807, 2.05) is 60.8 Å². The Bertz CT molecular complexity index is 966. The van der Waals surface area contributed by atoms with E-state index in [9.17, 15) is 0 Å². The average Bonchev–Trinajstić information content (AvgIpc) is 3.31. The predicted molar refractivity (Wildman–Crippen MR) is 98.3 cm³/mol. The van der Waals surface area contributed by atoms with E-state index in [0.29, 0.717) is 21.9 Å². The molecule has 5 nitrogen and oxygen atoms in total. The number of nitrogens with one attached hydrogen (secondary N) is 1. The summed E-state index contributed by atoms with van der Waals surface area (Å²) in [6.07, 6.45) is 1.81. The Morgan fingerprint density at radius 3 is 2.56 bits per heavy atom. The summed E-state index contributed by atoms with van der Waals surface area (Å²) in [5, 5.41) is 9.40. The number of H-pyrrole nitrogens is 1. The second-order valence-electron chi connectivity index (χ2n) is 5.29. The highest BCUT2D eigenvalue weighted by molar-refractivity contribution is 7.98. The fourth-order valence-corrected chi connectivity index (χ4v) is 3.08. The van der Waals surface area contributed by atoms with Gasteiger partial charge in [-0.05, 0) is 36.4 Å². The van der Waals surface area contributed by atoms with Crippen molar-refractivity contribution in [2.45, 2.75) is 11.0 Å². The van der Waals surface area contributed by atoms with Gasteiger partial charge in [-0.2, -0.15) is 0 Å². The average molecular weight is 369 g/mol. The van der Waals surface area contributed by atoms with Crippen molar-refractivity contribution < 1.29 is 4.42 Å². The first kappa shape index (κ1) is 15.9. The lowest BCUT2D eigenvalue weighted by atomic mass is 10.2. The quantitative estimate of drug-likeness (QED) is 0.498. The summed E-state index contributed by atoms with van der Waals surface area (Å²) in [7, 11) is 0. The van der Waals surface area contributed by atoms with Crippen LogP contribution in [0.25, 0.3) is 22.8 Å². The Kier molecular flexibility index (Phi) is 4.54. The zero-order valence-electron chi connectivity index (χ0n) is 13.0. The molecule has 25 heavy (non-hydrogen) atoms. The molecule has 0 bridgehead atoms. The summed E-state index contributed by atoms with van der Waals surface area (Å²) in [5.41, 5.74) is 2.88. The van der Waals surface area contributed by atoms with Gasteiger partial charge in [0, 0.05) is 33.8 Å². The molecule has 4 aromatic rings. The maximum atomic E-state index is 5.91. The molecule has 0 fully saturated rings. The van der Waals surface area contributed by atoms with Gasteiger partial charge < -0.3 is 9.40 Å². The van der Waals surface area contributed by atoms with Gasteiger partial charge in [0.05, 0.1) is 0 Å². The Labute approximate surface area is 153 Å². The number of hydrogen-bond donors (Lipinski definition) is 1. The van der Waals surface area contributed by atoms with Crippen LogP contribution in [0.4, 0.5) is 0 Å². The molecule has 1 N–H and O–H groups in total. The molecular formula is C18H13ClN4OS. The minimum Gasteiger partial charge on any atom is -0.411 e. The molecule has 124 valence electrons. The molecule has 0 aliphatic rings. The van der Waals surface area contributed by atoms with Gasteiger partial charge in [-0.25, -0.2) is 4.98 Å². The molecule has 0 radical (unpaired) electrons. The van der Waals surface area contributed by atoms with Crippen LogP contribution in [-0.2, 0) is 5.75 Å². The van der Waals surface area contributed by atoms with Crippen LogP contribution in [0.2, 0.25) is 5.02 Å². The monoisotopic (exact) mass is 368 g/mol. The molecule has 2 heterocycles. The summed E-state index contributed by atoms with van der Waals surface area (Å²) in [5.74, 6) is 1.99. The molecule has 2 aromatic heterocycles. The number of aromatic nitrogens is 4. The van der Waals surface area contributed by atoms with Crippen LogP contribution in [0.1, 0.15) is 5.69 Å². The van der Waals surface area contributed by atoms with Gasteiger partial charge in [0.25, 0.3) is 5.22 Å². The van der Waals surface area contributed by atoms with E-state index >= 15 is 0 Å². The molecule has 2 aromatic carbocycles. The number of thioether (sulfide) groups is 1. The van der Waals surface area contributed by atoms with E-state index in [-0.39, 0.29) is 0 Å². The van der Waals surface area contributed by atoms with E-state index in [2.05, 4.69) is 20.2 Å². The van der Waals surface area contributed by atoms with Crippen molar-refractivity contribution in [2.75, 3.05) is 0 Å². The minimum absolute atomic E-state index is 0.523. The Balaban J connectivity index is 1.42. The minimum atomic E-state index is 0.523. The summed E-state index contributed by atoms with van der Waals surface area (Å²) in [6, 6.07) is 17.3. The van der Waals surface area contributed by atoms with Gasteiger partial charge in [-0.1, -0.05) is 41.6 Å². The number of rotatable bonds is 5. The Morgan fingerprint density at radius 2 is 1.76 bits per heavy atom. The smallest absolute Gasteiger partial charge is 0.277 e. The summed E-state index contributed by atoms with van der Waals surface area (Å²) < 4.78 is 5.69. The largest absolute Gasteiger partial charge is 0.411 e. The number of aromatic amines is 1. The molecule has 7 heteroatoms. The molecule has 0 saturated carbocycles. The standard InChI is InChI=1S/C18H13ClN4OS/c19-14-8-6-12(7-9-14)16-20-10-15(21-16)11-25-18-23-22-17(24-18)13-4-2-1-3-5-13/h1-10H,11H2,(H,20,21). The van der Waals surface area contributed by atoms with Gasteiger partial charge in [0.1, 0.15) is 5.82 Å². The van der Waals surface area contributed by atoms with Crippen molar-refractivity contribution >= 4 is 23.4 Å². The van der Waals surface area contributed by atoms with E-state index in [1.54, 1.807) is 0 Å². The lowest BCUT2D eigenvalue weighted by Crippen LogP contribution is -1.83. The number of halogens is 1. The van der Waals surface area contributed by atoms with E-state index in [0.717, 1.165) is 22.6 Å². The lowest BCUT2D eigenvalue weighted by Gasteiger charge is -1.97. The Morgan fingerprint density at radius 1 is 0.960 bits per heavy atom. The summed E-state index contributed by atoms with van der Waals surface area (Å²) in [6.45, 7) is 0.